The molecule has 0 fully saturated rings. The van der Waals surface area contributed by atoms with Gasteiger partial charge >= 0.3 is 0 Å². The van der Waals surface area contributed by atoms with Crippen molar-refractivity contribution in [2.75, 3.05) is 5.73 Å². The highest BCUT2D eigenvalue weighted by atomic mass is 127. The molecule has 0 aliphatic carbocycles. The summed E-state index contributed by atoms with van der Waals surface area (Å²) in [6.07, 6.45) is 0. The Labute approximate surface area is 129 Å². The van der Waals surface area contributed by atoms with Crippen molar-refractivity contribution in [3.05, 3.63) is 45.0 Å². The SMILES string of the molecule is Cn1c(-c2cc(I)ccc2N)nc2cc(Cl)ccc21. The average molecular weight is 384 g/mol. The first-order chi connectivity index (χ1) is 9.06. The minimum atomic E-state index is 0.688. The van der Waals surface area contributed by atoms with Crippen LogP contribution >= 0.6 is 34.2 Å². The topological polar surface area (TPSA) is 43.8 Å². The molecular formula is C14H11ClIN3. The second-order valence-corrected chi connectivity index (χ2v) is 6.04. The molecule has 5 heteroatoms. The number of benzene rings is 2. The first-order valence-corrected chi connectivity index (χ1v) is 7.19. The second kappa shape index (κ2) is 4.68. The predicted octanol–water partition coefficient (Wildman–Crippen LogP) is 4.08. The summed E-state index contributed by atoms with van der Waals surface area (Å²) in [7, 11) is 1.98. The van der Waals surface area contributed by atoms with E-state index in [1.165, 1.54) is 0 Å². The zero-order valence-electron chi connectivity index (χ0n) is 10.2. The lowest BCUT2D eigenvalue weighted by Gasteiger charge is -2.06. The molecule has 96 valence electrons. The number of aromatic nitrogens is 2. The normalized spacial score (nSPS) is 11.1. The number of imidazole rings is 1. The van der Waals surface area contributed by atoms with Gasteiger partial charge in [-0.2, -0.15) is 0 Å². The lowest BCUT2D eigenvalue weighted by atomic mass is 10.2. The molecule has 19 heavy (non-hydrogen) atoms. The van der Waals surface area contributed by atoms with Gasteiger partial charge in [-0.15, -0.1) is 0 Å². The monoisotopic (exact) mass is 383 g/mol. The summed E-state index contributed by atoms with van der Waals surface area (Å²) in [5.41, 5.74) is 9.65. The Balaban J connectivity index is 2.30. The van der Waals surface area contributed by atoms with Gasteiger partial charge in [0.1, 0.15) is 5.82 Å². The number of hydrogen-bond acceptors (Lipinski definition) is 2. The Morgan fingerprint density at radius 3 is 2.79 bits per heavy atom. The highest BCUT2D eigenvalue weighted by Crippen LogP contribution is 2.30. The van der Waals surface area contributed by atoms with Crippen LogP contribution in [0.1, 0.15) is 0 Å². The van der Waals surface area contributed by atoms with E-state index >= 15 is 0 Å². The van der Waals surface area contributed by atoms with E-state index in [9.17, 15) is 0 Å². The number of hydrogen-bond donors (Lipinski definition) is 1. The fraction of sp³-hybridized carbons (Fsp3) is 0.0714. The standard InChI is InChI=1S/C14H11ClIN3/c1-19-13-5-2-8(15)6-12(13)18-14(19)10-7-9(16)3-4-11(10)17/h2-7H,17H2,1H3. The van der Waals surface area contributed by atoms with Crippen molar-refractivity contribution >= 4 is 50.9 Å². The number of rotatable bonds is 1. The lowest BCUT2D eigenvalue weighted by Crippen LogP contribution is -1.97. The van der Waals surface area contributed by atoms with Gasteiger partial charge < -0.3 is 10.3 Å². The maximum atomic E-state index is 6.06. The number of nitrogen functional groups attached to an aromatic ring is 1. The van der Waals surface area contributed by atoms with Gasteiger partial charge in [0.2, 0.25) is 0 Å². The summed E-state index contributed by atoms with van der Waals surface area (Å²) >= 11 is 8.28. The molecular weight excluding hydrogens is 373 g/mol. The van der Waals surface area contributed by atoms with E-state index in [4.69, 9.17) is 17.3 Å². The van der Waals surface area contributed by atoms with Crippen molar-refractivity contribution < 1.29 is 0 Å². The molecule has 0 unspecified atom stereocenters. The van der Waals surface area contributed by atoms with Gasteiger partial charge in [0.15, 0.2) is 0 Å². The third-order valence-electron chi connectivity index (χ3n) is 3.10. The molecule has 0 aliphatic rings. The second-order valence-electron chi connectivity index (χ2n) is 4.36. The number of nitrogens with zero attached hydrogens (tertiary/aromatic N) is 2. The van der Waals surface area contributed by atoms with Crippen LogP contribution in [0.25, 0.3) is 22.4 Å². The quantitative estimate of drug-likeness (QED) is 0.508. The molecule has 0 saturated carbocycles. The van der Waals surface area contributed by atoms with Gasteiger partial charge in [-0.3, -0.25) is 0 Å². The molecule has 0 radical (unpaired) electrons. The third kappa shape index (κ3) is 2.19. The van der Waals surface area contributed by atoms with Crippen LogP contribution in [0.4, 0.5) is 5.69 Å². The van der Waals surface area contributed by atoms with E-state index in [2.05, 4.69) is 27.6 Å². The van der Waals surface area contributed by atoms with Crippen LogP contribution in [0.15, 0.2) is 36.4 Å². The summed E-state index contributed by atoms with van der Waals surface area (Å²) in [5, 5.41) is 0.688. The fourth-order valence-corrected chi connectivity index (χ4v) is 2.79. The fourth-order valence-electron chi connectivity index (χ4n) is 2.14. The van der Waals surface area contributed by atoms with E-state index in [-0.39, 0.29) is 0 Å². The van der Waals surface area contributed by atoms with E-state index in [1.807, 2.05) is 48.0 Å². The van der Waals surface area contributed by atoms with Gasteiger partial charge in [0.05, 0.1) is 11.0 Å². The first-order valence-electron chi connectivity index (χ1n) is 5.73. The summed E-state index contributed by atoms with van der Waals surface area (Å²) in [4.78, 5) is 4.64. The van der Waals surface area contributed by atoms with Crippen molar-refractivity contribution in [3.8, 4) is 11.4 Å². The van der Waals surface area contributed by atoms with Crippen molar-refractivity contribution in [2.45, 2.75) is 0 Å². The molecule has 1 aromatic heterocycles. The Morgan fingerprint density at radius 2 is 2.00 bits per heavy atom. The molecule has 3 aromatic rings. The van der Waals surface area contributed by atoms with Gasteiger partial charge in [-0.25, -0.2) is 4.98 Å². The van der Waals surface area contributed by atoms with Gasteiger partial charge in [-0.1, -0.05) is 11.6 Å². The van der Waals surface area contributed by atoms with Gasteiger partial charge in [0.25, 0.3) is 0 Å². The number of nitrogens with two attached hydrogens (primary N) is 1. The van der Waals surface area contributed by atoms with Crippen LogP contribution in [0, 0.1) is 3.57 Å². The van der Waals surface area contributed by atoms with E-state index in [0.29, 0.717) is 5.02 Å². The highest BCUT2D eigenvalue weighted by Gasteiger charge is 2.12. The number of halogens is 2. The van der Waals surface area contributed by atoms with Crippen LogP contribution in [0.2, 0.25) is 5.02 Å². The average Bonchev–Trinajstić information content (AvgIpc) is 2.69. The molecule has 0 bridgehead atoms. The highest BCUT2D eigenvalue weighted by molar-refractivity contribution is 14.1. The Kier molecular flexibility index (Phi) is 3.14. The van der Waals surface area contributed by atoms with E-state index in [1.54, 1.807) is 0 Å². The zero-order valence-corrected chi connectivity index (χ0v) is 13.1. The molecule has 2 N–H and O–H groups in total. The third-order valence-corrected chi connectivity index (χ3v) is 4.01. The zero-order chi connectivity index (χ0) is 13.6. The minimum Gasteiger partial charge on any atom is -0.398 e. The largest absolute Gasteiger partial charge is 0.398 e. The number of aryl methyl sites for hydroxylation is 1. The van der Waals surface area contributed by atoms with Gasteiger partial charge in [-0.05, 0) is 59.0 Å². The van der Waals surface area contributed by atoms with E-state index in [0.717, 1.165) is 31.7 Å². The Morgan fingerprint density at radius 1 is 1.21 bits per heavy atom. The summed E-state index contributed by atoms with van der Waals surface area (Å²) in [6, 6.07) is 11.6. The van der Waals surface area contributed by atoms with Crippen LogP contribution in [0.3, 0.4) is 0 Å². The maximum Gasteiger partial charge on any atom is 0.142 e. The van der Waals surface area contributed by atoms with Crippen LogP contribution in [-0.2, 0) is 7.05 Å². The molecule has 0 amide bonds. The molecule has 0 spiro atoms. The smallest absolute Gasteiger partial charge is 0.142 e. The number of anilines is 1. The molecule has 3 rings (SSSR count). The molecule has 2 aromatic carbocycles. The van der Waals surface area contributed by atoms with Crippen molar-refractivity contribution in [3.63, 3.8) is 0 Å². The minimum absolute atomic E-state index is 0.688. The Bertz CT molecular complexity index is 780. The maximum absolute atomic E-state index is 6.06. The first kappa shape index (κ1) is 12.7. The van der Waals surface area contributed by atoms with Gasteiger partial charge in [0, 0.05) is 26.9 Å². The molecule has 0 aliphatic heterocycles. The molecule has 0 saturated heterocycles. The lowest BCUT2D eigenvalue weighted by molar-refractivity contribution is 0.960. The summed E-state index contributed by atoms with van der Waals surface area (Å²) in [5.74, 6) is 0.855. The summed E-state index contributed by atoms with van der Waals surface area (Å²) < 4.78 is 3.17. The van der Waals surface area contributed by atoms with E-state index < -0.39 is 0 Å². The molecule has 1 heterocycles. The Hall–Kier alpha value is -1.27. The van der Waals surface area contributed by atoms with Crippen LogP contribution in [-0.4, -0.2) is 9.55 Å². The molecule has 0 atom stereocenters. The van der Waals surface area contributed by atoms with Crippen LogP contribution in [0.5, 0.6) is 0 Å². The summed E-state index contributed by atoms with van der Waals surface area (Å²) in [6.45, 7) is 0. The molecule has 3 nitrogen and oxygen atoms in total. The van der Waals surface area contributed by atoms with Crippen molar-refractivity contribution in [1.82, 2.24) is 9.55 Å². The number of fused-ring (bicyclic) bond motifs is 1. The predicted molar refractivity (Wildman–Crippen MR) is 88.3 cm³/mol. The van der Waals surface area contributed by atoms with Crippen molar-refractivity contribution in [2.24, 2.45) is 7.05 Å². The van der Waals surface area contributed by atoms with Crippen LogP contribution < -0.4 is 5.73 Å². The van der Waals surface area contributed by atoms with Crippen molar-refractivity contribution in [1.29, 1.82) is 0 Å².